The molecule has 1 aromatic carbocycles. The Morgan fingerprint density at radius 3 is 2.38 bits per heavy atom. The standard InChI is InChI=1S/C17H24N2O2/c20-17(21)14-5-6-15-12-19(13-16(15)11-14)10-4-3-9-18-7-1-2-8-18/h5-6,11H,1-4,7-10,12-13H2,(H,20,21). The van der Waals surface area contributed by atoms with Crippen LogP contribution in [0.3, 0.4) is 0 Å². The van der Waals surface area contributed by atoms with E-state index < -0.39 is 5.97 Å². The zero-order valence-electron chi connectivity index (χ0n) is 12.6. The summed E-state index contributed by atoms with van der Waals surface area (Å²) in [6, 6.07) is 5.53. The Kier molecular flexibility index (Phi) is 4.56. The summed E-state index contributed by atoms with van der Waals surface area (Å²) in [4.78, 5) is 16.0. The van der Waals surface area contributed by atoms with Crippen LogP contribution >= 0.6 is 0 Å². The van der Waals surface area contributed by atoms with Gasteiger partial charge in [-0.05, 0) is 75.1 Å². The fraction of sp³-hybridized carbons (Fsp3) is 0.588. The minimum atomic E-state index is -0.832. The molecule has 0 spiro atoms. The lowest BCUT2D eigenvalue weighted by molar-refractivity contribution is 0.0696. The van der Waals surface area contributed by atoms with Gasteiger partial charge in [-0.1, -0.05) is 6.07 Å². The Bertz CT molecular complexity index is 510. The van der Waals surface area contributed by atoms with Gasteiger partial charge in [0.05, 0.1) is 5.56 Å². The van der Waals surface area contributed by atoms with Gasteiger partial charge in [-0.2, -0.15) is 0 Å². The van der Waals surface area contributed by atoms with E-state index in [-0.39, 0.29) is 0 Å². The maximum atomic E-state index is 11.0. The van der Waals surface area contributed by atoms with Crippen molar-refractivity contribution in [3.05, 3.63) is 34.9 Å². The maximum absolute atomic E-state index is 11.0. The molecule has 4 nitrogen and oxygen atoms in total. The second-order valence-corrected chi connectivity index (χ2v) is 6.26. The molecule has 0 aliphatic carbocycles. The Morgan fingerprint density at radius 2 is 1.67 bits per heavy atom. The van der Waals surface area contributed by atoms with E-state index in [0.29, 0.717) is 5.56 Å². The maximum Gasteiger partial charge on any atom is 0.335 e. The molecule has 0 amide bonds. The van der Waals surface area contributed by atoms with E-state index in [1.165, 1.54) is 56.4 Å². The number of rotatable bonds is 6. The number of hydrogen-bond donors (Lipinski definition) is 1. The first-order valence-electron chi connectivity index (χ1n) is 8.02. The van der Waals surface area contributed by atoms with E-state index in [0.717, 1.165) is 19.6 Å². The van der Waals surface area contributed by atoms with Crippen LogP contribution in [0.15, 0.2) is 18.2 Å². The zero-order chi connectivity index (χ0) is 14.7. The van der Waals surface area contributed by atoms with Crippen LogP contribution in [0, 0.1) is 0 Å². The number of carboxylic acids is 1. The van der Waals surface area contributed by atoms with Gasteiger partial charge in [0.15, 0.2) is 0 Å². The van der Waals surface area contributed by atoms with E-state index in [9.17, 15) is 4.79 Å². The molecule has 0 atom stereocenters. The fourth-order valence-corrected chi connectivity index (χ4v) is 3.43. The highest BCUT2D eigenvalue weighted by molar-refractivity contribution is 5.87. The number of carboxylic acid groups (broad SMARTS) is 1. The summed E-state index contributed by atoms with van der Waals surface area (Å²) in [5.41, 5.74) is 2.89. The van der Waals surface area contributed by atoms with Crippen LogP contribution in [0.1, 0.15) is 47.2 Å². The first kappa shape index (κ1) is 14.5. The molecular weight excluding hydrogens is 264 g/mol. The summed E-state index contributed by atoms with van der Waals surface area (Å²) < 4.78 is 0. The van der Waals surface area contributed by atoms with Crippen molar-refractivity contribution < 1.29 is 9.90 Å². The van der Waals surface area contributed by atoms with Gasteiger partial charge in [0.25, 0.3) is 0 Å². The van der Waals surface area contributed by atoms with Crippen LogP contribution in [0.25, 0.3) is 0 Å². The molecule has 3 rings (SSSR count). The van der Waals surface area contributed by atoms with Gasteiger partial charge in [0.1, 0.15) is 0 Å². The van der Waals surface area contributed by atoms with Crippen molar-refractivity contribution in [1.82, 2.24) is 9.80 Å². The van der Waals surface area contributed by atoms with E-state index in [1.54, 1.807) is 6.07 Å². The molecule has 0 aromatic heterocycles. The lowest BCUT2D eigenvalue weighted by atomic mass is 10.1. The minimum Gasteiger partial charge on any atom is -0.478 e. The van der Waals surface area contributed by atoms with Crippen molar-refractivity contribution in [3.8, 4) is 0 Å². The summed E-state index contributed by atoms with van der Waals surface area (Å²) in [5.74, 6) is -0.832. The molecule has 0 radical (unpaired) electrons. The summed E-state index contributed by atoms with van der Waals surface area (Å²) >= 11 is 0. The molecule has 1 fully saturated rings. The number of benzene rings is 1. The van der Waals surface area contributed by atoms with Crippen LogP contribution in [0.2, 0.25) is 0 Å². The van der Waals surface area contributed by atoms with Crippen molar-refractivity contribution in [2.75, 3.05) is 26.2 Å². The molecule has 2 heterocycles. The van der Waals surface area contributed by atoms with Crippen molar-refractivity contribution in [2.24, 2.45) is 0 Å². The van der Waals surface area contributed by atoms with Crippen LogP contribution in [-0.4, -0.2) is 47.1 Å². The van der Waals surface area contributed by atoms with Crippen LogP contribution in [0.4, 0.5) is 0 Å². The molecule has 4 heteroatoms. The van der Waals surface area contributed by atoms with Crippen LogP contribution < -0.4 is 0 Å². The molecule has 1 saturated heterocycles. The first-order valence-corrected chi connectivity index (χ1v) is 8.02. The Balaban J connectivity index is 1.43. The molecule has 114 valence electrons. The summed E-state index contributed by atoms with van der Waals surface area (Å²) in [6.45, 7) is 6.80. The predicted molar refractivity (Wildman–Crippen MR) is 82.4 cm³/mol. The lowest BCUT2D eigenvalue weighted by Gasteiger charge is -2.17. The topological polar surface area (TPSA) is 43.8 Å². The van der Waals surface area contributed by atoms with E-state index >= 15 is 0 Å². The molecule has 2 aliphatic heterocycles. The second-order valence-electron chi connectivity index (χ2n) is 6.26. The third-order valence-corrected chi connectivity index (χ3v) is 4.64. The molecule has 2 aliphatic rings. The monoisotopic (exact) mass is 288 g/mol. The van der Waals surface area contributed by atoms with Gasteiger partial charge in [0, 0.05) is 13.1 Å². The molecule has 0 saturated carbocycles. The largest absolute Gasteiger partial charge is 0.478 e. The van der Waals surface area contributed by atoms with E-state index in [2.05, 4.69) is 9.80 Å². The minimum absolute atomic E-state index is 0.407. The number of carbonyl (C=O) groups is 1. The summed E-state index contributed by atoms with van der Waals surface area (Å²) in [6.07, 6.45) is 5.24. The van der Waals surface area contributed by atoms with Gasteiger partial charge >= 0.3 is 5.97 Å². The van der Waals surface area contributed by atoms with E-state index in [4.69, 9.17) is 5.11 Å². The van der Waals surface area contributed by atoms with E-state index in [1.807, 2.05) is 12.1 Å². The number of aromatic carboxylic acids is 1. The average molecular weight is 288 g/mol. The summed E-state index contributed by atoms with van der Waals surface area (Å²) in [7, 11) is 0. The quantitative estimate of drug-likeness (QED) is 0.817. The highest BCUT2D eigenvalue weighted by Crippen LogP contribution is 2.24. The number of unbranched alkanes of at least 4 members (excludes halogenated alkanes) is 1. The number of fused-ring (bicyclic) bond motifs is 1. The molecule has 0 bridgehead atoms. The molecule has 1 N–H and O–H groups in total. The number of likely N-dealkylation sites (tertiary alicyclic amines) is 1. The molecule has 1 aromatic rings. The predicted octanol–water partition coefficient (Wildman–Crippen LogP) is 2.58. The highest BCUT2D eigenvalue weighted by atomic mass is 16.4. The van der Waals surface area contributed by atoms with Crippen LogP contribution in [0.5, 0.6) is 0 Å². The van der Waals surface area contributed by atoms with Gasteiger partial charge in [-0.3, -0.25) is 4.90 Å². The number of hydrogen-bond acceptors (Lipinski definition) is 3. The number of nitrogens with zero attached hydrogens (tertiary/aromatic N) is 2. The fourth-order valence-electron chi connectivity index (χ4n) is 3.43. The first-order chi connectivity index (χ1) is 10.2. The van der Waals surface area contributed by atoms with Gasteiger partial charge in [0.2, 0.25) is 0 Å². The second kappa shape index (κ2) is 6.58. The SMILES string of the molecule is O=C(O)c1ccc2c(c1)CN(CCCCN1CCCC1)C2. The third kappa shape index (κ3) is 3.63. The third-order valence-electron chi connectivity index (χ3n) is 4.64. The van der Waals surface area contributed by atoms with Crippen molar-refractivity contribution in [3.63, 3.8) is 0 Å². The average Bonchev–Trinajstić information content (AvgIpc) is 3.11. The Morgan fingerprint density at radius 1 is 1.00 bits per heavy atom. The highest BCUT2D eigenvalue weighted by Gasteiger charge is 2.20. The van der Waals surface area contributed by atoms with Crippen molar-refractivity contribution in [1.29, 1.82) is 0 Å². The van der Waals surface area contributed by atoms with Crippen molar-refractivity contribution >= 4 is 5.97 Å². The normalized spacial score (nSPS) is 19.0. The van der Waals surface area contributed by atoms with Gasteiger partial charge in [-0.25, -0.2) is 4.79 Å². The lowest BCUT2D eigenvalue weighted by Crippen LogP contribution is -2.22. The van der Waals surface area contributed by atoms with Gasteiger partial charge in [-0.15, -0.1) is 0 Å². The smallest absolute Gasteiger partial charge is 0.335 e. The molecule has 0 unspecified atom stereocenters. The Hall–Kier alpha value is -1.39. The molecular formula is C17H24N2O2. The van der Waals surface area contributed by atoms with Crippen molar-refractivity contribution in [2.45, 2.75) is 38.8 Å². The van der Waals surface area contributed by atoms with Crippen LogP contribution in [-0.2, 0) is 13.1 Å². The zero-order valence-corrected chi connectivity index (χ0v) is 12.6. The van der Waals surface area contributed by atoms with Gasteiger partial charge < -0.3 is 10.0 Å². The molecule has 21 heavy (non-hydrogen) atoms. The Labute approximate surface area is 126 Å². The summed E-state index contributed by atoms with van der Waals surface area (Å²) in [5, 5.41) is 9.04.